The van der Waals surface area contributed by atoms with Gasteiger partial charge < -0.3 is 15.2 Å². The summed E-state index contributed by atoms with van der Waals surface area (Å²) in [5.74, 6) is 0.836. The maximum atomic E-state index is 10.0. The van der Waals surface area contributed by atoms with Crippen molar-refractivity contribution in [2.75, 3.05) is 13.7 Å². The Morgan fingerprint density at radius 2 is 2.09 bits per heavy atom. The lowest BCUT2D eigenvalue weighted by atomic mass is 10.1. The van der Waals surface area contributed by atoms with Crippen LogP contribution in [0.15, 0.2) is 30.5 Å². The molecule has 0 saturated heterocycles. The van der Waals surface area contributed by atoms with Gasteiger partial charge in [0.2, 0.25) is 0 Å². The number of aliphatic hydroxyl groups is 1. The molecule has 0 bridgehead atoms. The van der Waals surface area contributed by atoms with Gasteiger partial charge >= 0.3 is 0 Å². The standard InChI is InChI=1S/C19H28N2O2/c1-3-4-5-6-7-16(22)14-20-13-15-10-11-21-19-9-8-17(23-2)12-18(15)19/h8-12,16,20,22H,3-7,13-14H2,1-2H3/t16-/m1/s1. The summed E-state index contributed by atoms with van der Waals surface area (Å²) in [6.07, 6.45) is 7.23. The number of nitrogens with zero attached hydrogens (tertiary/aromatic N) is 1. The lowest BCUT2D eigenvalue weighted by molar-refractivity contribution is 0.157. The van der Waals surface area contributed by atoms with Gasteiger partial charge in [-0.15, -0.1) is 0 Å². The lowest BCUT2D eigenvalue weighted by Crippen LogP contribution is -2.26. The molecule has 4 nitrogen and oxygen atoms in total. The number of aromatic nitrogens is 1. The second-order valence-corrected chi connectivity index (χ2v) is 5.99. The van der Waals surface area contributed by atoms with E-state index in [0.29, 0.717) is 6.54 Å². The largest absolute Gasteiger partial charge is 0.497 e. The van der Waals surface area contributed by atoms with Gasteiger partial charge in [-0.1, -0.05) is 32.6 Å². The van der Waals surface area contributed by atoms with Crippen LogP contribution in [0.25, 0.3) is 10.9 Å². The number of ether oxygens (including phenoxy) is 1. The Labute approximate surface area is 138 Å². The molecule has 0 amide bonds. The van der Waals surface area contributed by atoms with E-state index in [4.69, 9.17) is 4.74 Å². The van der Waals surface area contributed by atoms with E-state index in [-0.39, 0.29) is 6.10 Å². The molecule has 0 radical (unpaired) electrons. The predicted molar refractivity (Wildman–Crippen MR) is 94.8 cm³/mol. The highest BCUT2D eigenvalue weighted by molar-refractivity contribution is 5.83. The van der Waals surface area contributed by atoms with E-state index >= 15 is 0 Å². The molecule has 0 unspecified atom stereocenters. The summed E-state index contributed by atoms with van der Waals surface area (Å²) in [5.41, 5.74) is 2.14. The number of benzene rings is 1. The molecule has 0 aliphatic carbocycles. The van der Waals surface area contributed by atoms with Gasteiger partial charge in [-0.25, -0.2) is 0 Å². The summed E-state index contributed by atoms with van der Waals surface area (Å²) >= 11 is 0. The zero-order valence-corrected chi connectivity index (χ0v) is 14.2. The number of pyridine rings is 1. The summed E-state index contributed by atoms with van der Waals surface area (Å²) in [5, 5.41) is 14.5. The second kappa shape index (κ2) is 9.48. The molecule has 1 aromatic heterocycles. The van der Waals surface area contributed by atoms with Gasteiger partial charge in [0.15, 0.2) is 0 Å². The van der Waals surface area contributed by atoms with E-state index in [0.717, 1.165) is 36.0 Å². The third kappa shape index (κ3) is 5.48. The molecule has 126 valence electrons. The summed E-state index contributed by atoms with van der Waals surface area (Å²) in [7, 11) is 1.67. The normalized spacial score (nSPS) is 12.5. The van der Waals surface area contributed by atoms with Gasteiger partial charge in [-0.2, -0.15) is 0 Å². The fourth-order valence-corrected chi connectivity index (χ4v) is 2.75. The quantitative estimate of drug-likeness (QED) is 0.657. The van der Waals surface area contributed by atoms with Crippen LogP contribution in [0.3, 0.4) is 0 Å². The first-order chi connectivity index (χ1) is 11.2. The minimum Gasteiger partial charge on any atom is -0.497 e. The van der Waals surface area contributed by atoms with Crippen LogP contribution in [-0.2, 0) is 6.54 Å². The zero-order chi connectivity index (χ0) is 16.5. The molecule has 0 aliphatic rings. The van der Waals surface area contributed by atoms with E-state index in [1.54, 1.807) is 7.11 Å². The Bertz CT molecular complexity index is 601. The number of hydrogen-bond acceptors (Lipinski definition) is 4. The van der Waals surface area contributed by atoms with E-state index in [1.165, 1.54) is 24.8 Å². The maximum absolute atomic E-state index is 10.0. The van der Waals surface area contributed by atoms with Crippen molar-refractivity contribution in [1.82, 2.24) is 10.3 Å². The van der Waals surface area contributed by atoms with Gasteiger partial charge in [0.05, 0.1) is 18.7 Å². The number of methoxy groups -OCH3 is 1. The van der Waals surface area contributed by atoms with Crippen molar-refractivity contribution in [3.63, 3.8) is 0 Å². The summed E-state index contributed by atoms with van der Waals surface area (Å²) in [6.45, 7) is 3.55. The second-order valence-electron chi connectivity index (χ2n) is 5.99. The van der Waals surface area contributed by atoms with Crippen LogP contribution in [0.5, 0.6) is 5.75 Å². The highest BCUT2D eigenvalue weighted by Crippen LogP contribution is 2.22. The molecule has 1 aromatic carbocycles. The first-order valence-corrected chi connectivity index (χ1v) is 8.55. The third-order valence-electron chi connectivity index (χ3n) is 4.13. The van der Waals surface area contributed by atoms with Crippen LogP contribution in [0.4, 0.5) is 0 Å². The Hall–Kier alpha value is -1.65. The lowest BCUT2D eigenvalue weighted by Gasteiger charge is -2.13. The van der Waals surface area contributed by atoms with Crippen molar-refractivity contribution in [1.29, 1.82) is 0 Å². The molecular formula is C19H28N2O2. The molecular weight excluding hydrogens is 288 g/mol. The predicted octanol–water partition coefficient (Wildman–Crippen LogP) is 3.66. The molecule has 23 heavy (non-hydrogen) atoms. The monoisotopic (exact) mass is 316 g/mol. The van der Waals surface area contributed by atoms with Gasteiger partial charge in [0, 0.05) is 24.7 Å². The fourth-order valence-electron chi connectivity index (χ4n) is 2.75. The first-order valence-electron chi connectivity index (χ1n) is 8.55. The van der Waals surface area contributed by atoms with Crippen LogP contribution >= 0.6 is 0 Å². The van der Waals surface area contributed by atoms with Crippen molar-refractivity contribution in [3.05, 3.63) is 36.0 Å². The van der Waals surface area contributed by atoms with Gasteiger partial charge in [0.25, 0.3) is 0 Å². The van der Waals surface area contributed by atoms with Crippen LogP contribution in [-0.4, -0.2) is 29.8 Å². The van der Waals surface area contributed by atoms with E-state index < -0.39 is 0 Å². The van der Waals surface area contributed by atoms with E-state index in [9.17, 15) is 5.11 Å². The number of hydrogen-bond donors (Lipinski definition) is 2. The Balaban J connectivity index is 1.87. The highest BCUT2D eigenvalue weighted by atomic mass is 16.5. The average Bonchev–Trinajstić information content (AvgIpc) is 2.58. The molecule has 0 saturated carbocycles. The van der Waals surface area contributed by atoms with Crippen molar-refractivity contribution in [2.24, 2.45) is 0 Å². The molecule has 2 rings (SSSR count). The molecule has 4 heteroatoms. The van der Waals surface area contributed by atoms with Gasteiger partial charge in [-0.05, 0) is 36.2 Å². The van der Waals surface area contributed by atoms with Crippen LogP contribution < -0.4 is 10.1 Å². The minimum atomic E-state index is -0.269. The number of fused-ring (bicyclic) bond motifs is 1. The Morgan fingerprint density at radius 3 is 2.87 bits per heavy atom. The van der Waals surface area contributed by atoms with Gasteiger partial charge in [0.1, 0.15) is 5.75 Å². The highest BCUT2D eigenvalue weighted by Gasteiger charge is 2.06. The Morgan fingerprint density at radius 1 is 1.22 bits per heavy atom. The Kier molecular flexibility index (Phi) is 7.30. The summed E-state index contributed by atoms with van der Waals surface area (Å²) in [4.78, 5) is 4.39. The zero-order valence-electron chi connectivity index (χ0n) is 14.2. The molecule has 0 spiro atoms. The summed E-state index contributed by atoms with van der Waals surface area (Å²) in [6, 6.07) is 7.93. The van der Waals surface area contributed by atoms with Crippen LogP contribution in [0.1, 0.15) is 44.6 Å². The molecule has 0 fully saturated rings. The molecule has 1 heterocycles. The topological polar surface area (TPSA) is 54.4 Å². The fraction of sp³-hybridized carbons (Fsp3) is 0.526. The van der Waals surface area contributed by atoms with Crippen molar-refractivity contribution < 1.29 is 9.84 Å². The molecule has 2 N–H and O–H groups in total. The van der Waals surface area contributed by atoms with Gasteiger partial charge in [-0.3, -0.25) is 4.98 Å². The molecule has 2 aromatic rings. The molecule has 1 atom stereocenters. The van der Waals surface area contributed by atoms with Crippen LogP contribution in [0.2, 0.25) is 0 Å². The number of aliphatic hydroxyl groups excluding tert-OH is 1. The summed E-state index contributed by atoms with van der Waals surface area (Å²) < 4.78 is 5.30. The number of rotatable bonds is 10. The minimum absolute atomic E-state index is 0.269. The maximum Gasteiger partial charge on any atom is 0.119 e. The average molecular weight is 316 g/mol. The first kappa shape index (κ1) is 17.7. The SMILES string of the molecule is CCCCCC[C@@H](O)CNCc1ccnc2ccc(OC)cc12. The molecule has 0 aliphatic heterocycles. The van der Waals surface area contributed by atoms with Crippen LogP contribution in [0, 0.1) is 0 Å². The third-order valence-corrected chi connectivity index (χ3v) is 4.13. The van der Waals surface area contributed by atoms with Crippen molar-refractivity contribution in [2.45, 2.75) is 51.7 Å². The number of nitrogens with one attached hydrogen (secondary N) is 1. The van der Waals surface area contributed by atoms with E-state index in [1.807, 2.05) is 30.5 Å². The van der Waals surface area contributed by atoms with Crippen molar-refractivity contribution in [3.8, 4) is 5.75 Å². The number of unbranched alkanes of at least 4 members (excludes halogenated alkanes) is 3. The van der Waals surface area contributed by atoms with E-state index in [2.05, 4.69) is 17.2 Å². The smallest absolute Gasteiger partial charge is 0.119 e. The van der Waals surface area contributed by atoms with Crippen molar-refractivity contribution >= 4 is 10.9 Å².